The number of benzene rings is 2. The number of halogens is 2. The van der Waals surface area contributed by atoms with E-state index in [2.05, 4.69) is 45.5 Å². The molecule has 1 aliphatic carbocycles. The van der Waals surface area contributed by atoms with Gasteiger partial charge >= 0.3 is 0 Å². The van der Waals surface area contributed by atoms with Gasteiger partial charge in [0, 0.05) is 22.1 Å². The SMILES string of the molecule is CC(NC1CCCc2ccccc21)c1cc(Br)ccc1F. The van der Waals surface area contributed by atoms with Crippen molar-refractivity contribution in [1.82, 2.24) is 5.32 Å². The van der Waals surface area contributed by atoms with Crippen LogP contribution in [0.4, 0.5) is 4.39 Å². The van der Waals surface area contributed by atoms with Crippen molar-refractivity contribution in [3.63, 3.8) is 0 Å². The average Bonchev–Trinajstić information content (AvgIpc) is 2.50. The molecular weight excluding hydrogens is 329 g/mol. The molecule has 0 amide bonds. The lowest BCUT2D eigenvalue weighted by Gasteiger charge is -2.29. The van der Waals surface area contributed by atoms with Crippen LogP contribution in [0.25, 0.3) is 0 Å². The second kappa shape index (κ2) is 6.29. The van der Waals surface area contributed by atoms with Gasteiger partial charge in [-0.05, 0) is 55.5 Å². The third-order valence-electron chi connectivity index (χ3n) is 4.25. The molecule has 3 rings (SSSR count). The van der Waals surface area contributed by atoms with Gasteiger partial charge in [-0.15, -0.1) is 0 Å². The van der Waals surface area contributed by atoms with Gasteiger partial charge in [0.1, 0.15) is 5.82 Å². The summed E-state index contributed by atoms with van der Waals surface area (Å²) in [7, 11) is 0. The molecule has 0 radical (unpaired) electrons. The number of hydrogen-bond acceptors (Lipinski definition) is 1. The van der Waals surface area contributed by atoms with Crippen LogP contribution in [-0.2, 0) is 6.42 Å². The molecule has 0 spiro atoms. The molecule has 0 saturated heterocycles. The molecule has 0 bridgehead atoms. The molecule has 0 heterocycles. The Labute approximate surface area is 133 Å². The molecule has 3 heteroatoms. The Morgan fingerprint density at radius 3 is 2.90 bits per heavy atom. The zero-order chi connectivity index (χ0) is 14.8. The van der Waals surface area contributed by atoms with Crippen molar-refractivity contribution in [3.8, 4) is 0 Å². The molecule has 0 aliphatic heterocycles. The van der Waals surface area contributed by atoms with E-state index in [0.717, 1.165) is 17.3 Å². The van der Waals surface area contributed by atoms with Gasteiger partial charge in [0.05, 0.1) is 0 Å². The Morgan fingerprint density at radius 2 is 2.05 bits per heavy atom. The van der Waals surface area contributed by atoms with Gasteiger partial charge in [-0.1, -0.05) is 40.2 Å². The van der Waals surface area contributed by atoms with Gasteiger partial charge < -0.3 is 5.32 Å². The molecular formula is C18H19BrFN. The summed E-state index contributed by atoms with van der Waals surface area (Å²) in [5.74, 6) is -0.151. The van der Waals surface area contributed by atoms with Crippen molar-refractivity contribution < 1.29 is 4.39 Å². The Hall–Kier alpha value is -1.19. The molecule has 1 N–H and O–H groups in total. The first-order chi connectivity index (χ1) is 10.1. The van der Waals surface area contributed by atoms with Crippen LogP contribution >= 0.6 is 15.9 Å². The second-order valence-corrected chi connectivity index (χ2v) is 6.61. The Balaban J connectivity index is 1.82. The normalized spacial score (nSPS) is 19.1. The molecule has 2 atom stereocenters. The third-order valence-corrected chi connectivity index (χ3v) is 4.74. The van der Waals surface area contributed by atoms with Crippen LogP contribution in [0.2, 0.25) is 0 Å². The van der Waals surface area contributed by atoms with E-state index in [1.165, 1.54) is 23.6 Å². The monoisotopic (exact) mass is 347 g/mol. The maximum absolute atomic E-state index is 14.0. The first kappa shape index (κ1) is 14.7. The van der Waals surface area contributed by atoms with Crippen LogP contribution in [0.15, 0.2) is 46.9 Å². The van der Waals surface area contributed by atoms with E-state index in [0.29, 0.717) is 11.6 Å². The van der Waals surface area contributed by atoms with Crippen LogP contribution in [0.3, 0.4) is 0 Å². The first-order valence-corrected chi connectivity index (χ1v) is 8.23. The van der Waals surface area contributed by atoms with E-state index in [4.69, 9.17) is 0 Å². The van der Waals surface area contributed by atoms with Crippen molar-refractivity contribution in [3.05, 3.63) is 69.4 Å². The smallest absolute Gasteiger partial charge is 0.128 e. The van der Waals surface area contributed by atoms with Gasteiger partial charge in [0.2, 0.25) is 0 Å². The van der Waals surface area contributed by atoms with Crippen LogP contribution < -0.4 is 5.32 Å². The fraction of sp³-hybridized carbons (Fsp3) is 0.333. The largest absolute Gasteiger partial charge is 0.303 e. The fourth-order valence-electron chi connectivity index (χ4n) is 3.17. The highest BCUT2D eigenvalue weighted by molar-refractivity contribution is 9.10. The number of hydrogen-bond donors (Lipinski definition) is 1. The van der Waals surface area contributed by atoms with Crippen LogP contribution in [0, 0.1) is 5.82 Å². The van der Waals surface area contributed by atoms with E-state index in [-0.39, 0.29) is 11.9 Å². The number of fused-ring (bicyclic) bond motifs is 1. The van der Waals surface area contributed by atoms with Gasteiger partial charge in [0.25, 0.3) is 0 Å². The highest BCUT2D eigenvalue weighted by Gasteiger charge is 2.22. The van der Waals surface area contributed by atoms with Crippen LogP contribution in [0.1, 0.15) is 48.5 Å². The summed E-state index contributed by atoms with van der Waals surface area (Å²) in [6, 6.07) is 14.0. The maximum atomic E-state index is 14.0. The molecule has 2 unspecified atom stereocenters. The summed E-state index contributed by atoms with van der Waals surface area (Å²) >= 11 is 3.42. The third kappa shape index (κ3) is 3.19. The van der Waals surface area contributed by atoms with Crippen molar-refractivity contribution in [1.29, 1.82) is 0 Å². The molecule has 1 nitrogen and oxygen atoms in total. The van der Waals surface area contributed by atoms with Crippen LogP contribution in [-0.4, -0.2) is 0 Å². The minimum Gasteiger partial charge on any atom is -0.303 e. The summed E-state index contributed by atoms with van der Waals surface area (Å²) in [5, 5.41) is 3.60. The molecule has 2 aromatic carbocycles. The van der Waals surface area contributed by atoms with E-state index in [1.54, 1.807) is 6.07 Å². The van der Waals surface area contributed by atoms with Crippen molar-refractivity contribution in [2.24, 2.45) is 0 Å². The highest BCUT2D eigenvalue weighted by atomic mass is 79.9. The van der Waals surface area contributed by atoms with Crippen LogP contribution in [0.5, 0.6) is 0 Å². The Bertz CT molecular complexity index is 641. The second-order valence-electron chi connectivity index (χ2n) is 5.70. The summed E-state index contributed by atoms with van der Waals surface area (Å²) < 4.78 is 14.9. The minimum absolute atomic E-state index is 0.0151. The topological polar surface area (TPSA) is 12.0 Å². The van der Waals surface area contributed by atoms with Gasteiger partial charge in [0.15, 0.2) is 0 Å². The first-order valence-electron chi connectivity index (χ1n) is 7.44. The number of nitrogens with one attached hydrogen (secondary N) is 1. The Morgan fingerprint density at radius 1 is 1.24 bits per heavy atom. The summed E-state index contributed by atoms with van der Waals surface area (Å²) in [6.07, 6.45) is 3.44. The predicted octanol–water partition coefficient (Wildman–Crippen LogP) is 5.32. The lowest BCUT2D eigenvalue weighted by Crippen LogP contribution is -2.28. The van der Waals surface area contributed by atoms with Crippen molar-refractivity contribution >= 4 is 15.9 Å². The van der Waals surface area contributed by atoms with E-state index in [1.807, 2.05) is 13.0 Å². The fourth-order valence-corrected chi connectivity index (χ4v) is 3.54. The van der Waals surface area contributed by atoms with E-state index >= 15 is 0 Å². The quantitative estimate of drug-likeness (QED) is 0.792. The standard InChI is InChI=1S/C18H19BrFN/c1-12(16-11-14(19)9-10-17(16)20)21-18-8-4-6-13-5-2-3-7-15(13)18/h2-3,5,7,9-12,18,21H,4,6,8H2,1H3. The zero-order valence-electron chi connectivity index (χ0n) is 12.1. The number of aryl methyl sites for hydroxylation is 1. The molecule has 0 saturated carbocycles. The molecule has 0 fully saturated rings. The molecule has 110 valence electrons. The maximum Gasteiger partial charge on any atom is 0.128 e. The predicted molar refractivity (Wildman–Crippen MR) is 87.8 cm³/mol. The Kier molecular flexibility index (Phi) is 4.41. The molecule has 2 aromatic rings. The number of rotatable bonds is 3. The minimum atomic E-state index is -0.151. The van der Waals surface area contributed by atoms with E-state index in [9.17, 15) is 4.39 Å². The highest BCUT2D eigenvalue weighted by Crippen LogP contribution is 2.32. The lowest BCUT2D eigenvalue weighted by molar-refractivity contribution is 0.407. The van der Waals surface area contributed by atoms with Gasteiger partial charge in [-0.3, -0.25) is 0 Å². The van der Waals surface area contributed by atoms with E-state index < -0.39 is 0 Å². The van der Waals surface area contributed by atoms with Gasteiger partial charge in [-0.2, -0.15) is 0 Å². The van der Waals surface area contributed by atoms with Crippen molar-refractivity contribution in [2.75, 3.05) is 0 Å². The molecule has 0 aromatic heterocycles. The zero-order valence-corrected chi connectivity index (χ0v) is 13.7. The van der Waals surface area contributed by atoms with Gasteiger partial charge in [-0.25, -0.2) is 4.39 Å². The molecule has 1 aliphatic rings. The van der Waals surface area contributed by atoms with Crippen molar-refractivity contribution in [2.45, 2.75) is 38.3 Å². The summed E-state index contributed by atoms with van der Waals surface area (Å²) in [5.41, 5.74) is 3.50. The average molecular weight is 348 g/mol. The summed E-state index contributed by atoms with van der Waals surface area (Å²) in [6.45, 7) is 2.03. The molecule has 21 heavy (non-hydrogen) atoms. The summed E-state index contributed by atoms with van der Waals surface area (Å²) in [4.78, 5) is 0. The lowest BCUT2D eigenvalue weighted by atomic mass is 9.87.